The predicted octanol–water partition coefficient (Wildman–Crippen LogP) is 1.75. The van der Waals surface area contributed by atoms with Crippen molar-refractivity contribution in [1.82, 2.24) is 5.16 Å². The number of aliphatic hydroxyl groups excluding tert-OH is 1. The maximum atomic E-state index is 8.84. The Kier molecular flexibility index (Phi) is 2.99. The van der Waals surface area contributed by atoms with Gasteiger partial charge in [-0.15, -0.1) is 0 Å². The van der Waals surface area contributed by atoms with Crippen LogP contribution >= 0.6 is 0 Å². The molecule has 2 aromatic rings. The molecular weight excluding hydrogens is 194 g/mol. The molecule has 0 saturated carbocycles. The zero-order valence-corrected chi connectivity index (χ0v) is 8.09. The van der Waals surface area contributed by atoms with Gasteiger partial charge in [0.2, 0.25) is 0 Å². The molecule has 0 unspecified atom stereocenters. The van der Waals surface area contributed by atoms with Gasteiger partial charge in [-0.25, -0.2) is 0 Å². The molecule has 1 aromatic heterocycles. The fourth-order valence-corrected chi connectivity index (χ4v) is 1.16. The zero-order chi connectivity index (χ0) is 10.5. The molecule has 2 rings (SSSR count). The van der Waals surface area contributed by atoms with Crippen LogP contribution in [0.5, 0.6) is 5.75 Å². The summed E-state index contributed by atoms with van der Waals surface area (Å²) >= 11 is 0. The standard InChI is InChI=1S/C11H11NO3/c13-7-9-1-3-10(4-2-9)14-8-11-5-6-12-15-11/h1-6,13H,7-8H2. The molecule has 0 saturated heterocycles. The number of ether oxygens (including phenoxy) is 1. The first kappa shape index (κ1) is 9.73. The lowest BCUT2D eigenvalue weighted by atomic mass is 10.2. The average Bonchev–Trinajstić information content (AvgIpc) is 2.80. The van der Waals surface area contributed by atoms with E-state index < -0.39 is 0 Å². The Morgan fingerprint density at radius 3 is 2.60 bits per heavy atom. The van der Waals surface area contributed by atoms with Crippen LogP contribution in [0, 0.1) is 0 Å². The largest absolute Gasteiger partial charge is 0.486 e. The van der Waals surface area contributed by atoms with Crippen LogP contribution in [0.15, 0.2) is 41.1 Å². The molecule has 0 aliphatic carbocycles. The summed E-state index contributed by atoms with van der Waals surface area (Å²) in [5, 5.41) is 12.4. The van der Waals surface area contributed by atoms with Gasteiger partial charge < -0.3 is 14.4 Å². The Labute approximate surface area is 87.1 Å². The topological polar surface area (TPSA) is 55.5 Å². The second-order valence-electron chi connectivity index (χ2n) is 3.07. The van der Waals surface area contributed by atoms with E-state index in [9.17, 15) is 0 Å². The Balaban J connectivity index is 1.93. The molecule has 0 aliphatic heterocycles. The lowest BCUT2D eigenvalue weighted by Crippen LogP contribution is -1.93. The molecule has 1 heterocycles. The number of rotatable bonds is 4. The van der Waals surface area contributed by atoms with Crippen molar-refractivity contribution in [3.63, 3.8) is 0 Å². The fourth-order valence-electron chi connectivity index (χ4n) is 1.16. The molecule has 0 bridgehead atoms. The van der Waals surface area contributed by atoms with Gasteiger partial charge in [0.1, 0.15) is 12.4 Å². The first-order chi connectivity index (χ1) is 7.38. The molecule has 0 radical (unpaired) electrons. The van der Waals surface area contributed by atoms with Crippen molar-refractivity contribution in [2.75, 3.05) is 0 Å². The van der Waals surface area contributed by atoms with Crippen LogP contribution in [-0.4, -0.2) is 10.3 Å². The van der Waals surface area contributed by atoms with Gasteiger partial charge in [-0.3, -0.25) is 0 Å². The lowest BCUT2D eigenvalue weighted by Gasteiger charge is -2.03. The summed E-state index contributed by atoms with van der Waals surface area (Å²) in [4.78, 5) is 0. The van der Waals surface area contributed by atoms with Gasteiger partial charge in [-0.1, -0.05) is 17.3 Å². The molecule has 78 valence electrons. The summed E-state index contributed by atoms with van der Waals surface area (Å²) < 4.78 is 10.3. The van der Waals surface area contributed by atoms with Gasteiger partial charge >= 0.3 is 0 Å². The van der Waals surface area contributed by atoms with Crippen molar-refractivity contribution >= 4 is 0 Å². The monoisotopic (exact) mass is 205 g/mol. The van der Waals surface area contributed by atoms with Crippen molar-refractivity contribution in [2.24, 2.45) is 0 Å². The Morgan fingerprint density at radius 2 is 2.00 bits per heavy atom. The zero-order valence-electron chi connectivity index (χ0n) is 8.09. The molecule has 1 N–H and O–H groups in total. The van der Waals surface area contributed by atoms with Crippen molar-refractivity contribution in [3.05, 3.63) is 47.9 Å². The summed E-state index contributed by atoms with van der Waals surface area (Å²) in [6.45, 7) is 0.404. The van der Waals surface area contributed by atoms with Gasteiger partial charge in [0.15, 0.2) is 5.76 Å². The minimum Gasteiger partial charge on any atom is -0.486 e. The number of hydrogen-bond donors (Lipinski definition) is 1. The molecular formula is C11H11NO3. The van der Waals surface area contributed by atoms with Gasteiger partial charge in [0, 0.05) is 6.07 Å². The Bertz CT molecular complexity index is 394. The SMILES string of the molecule is OCc1ccc(OCc2ccno2)cc1. The van der Waals surface area contributed by atoms with Gasteiger partial charge in [-0.2, -0.15) is 0 Å². The van der Waals surface area contributed by atoms with Gasteiger partial charge in [0.25, 0.3) is 0 Å². The third-order valence-electron chi connectivity index (χ3n) is 1.98. The van der Waals surface area contributed by atoms with E-state index in [1.807, 2.05) is 24.3 Å². The maximum Gasteiger partial charge on any atom is 0.174 e. The predicted molar refractivity (Wildman–Crippen MR) is 53.2 cm³/mol. The van der Waals surface area contributed by atoms with E-state index in [0.29, 0.717) is 12.4 Å². The van der Waals surface area contributed by atoms with Crippen molar-refractivity contribution < 1.29 is 14.4 Å². The minimum absolute atomic E-state index is 0.0440. The van der Waals surface area contributed by atoms with Crippen LogP contribution in [0.2, 0.25) is 0 Å². The van der Waals surface area contributed by atoms with E-state index in [1.165, 1.54) is 0 Å². The molecule has 1 aromatic carbocycles. The van der Waals surface area contributed by atoms with Crippen LogP contribution < -0.4 is 4.74 Å². The van der Waals surface area contributed by atoms with Crippen LogP contribution in [0.4, 0.5) is 0 Å². The lowest BCUT2D eigenvalue weighted by molar-refractivity contribution is 0.248. The van der Waals surface area contributed by atoms with E-state index >= 15 is 0 Å². The van der Waals surface area contributed by atoms with Crippen molar-refractivity contribution in [1.29, 1.82) is 0 Å². The summed E-state index contributed by atoms with van der Waals surface area (Å²) in [6.07, 6.45) is 1.58. The summed E-state index contributed by atoms with van der Waals surface area (Å²) in [5.74, 6) is 1.42. The molecule has 0 atom stereocenters. The minimum atomic E-state index is 0.0440. The highest BCUT2D eigenvalue weighted by molar-refractivity contribution is 5.26. The molecule has 0 aliphatic rings. The number of benzene rings is 1. The molecule has 0 amide bonds. The second kappa shape index (κ2) is 4.61. The summed E-state index contributed by atoms with van der Waals surface area (Å²) in [6, 6.07) is 9.00. The van der Waals surface area contributed by atoms with E-state index in [2.05, 4.69) is 5.16 Å². The first-order valence-corrected chi connectivity index (χ1v) is 4.60. The smallest absolute Gasteiger partial charge is 0.174 e. The molecule has 0 fully saturated rings. The maximum absolute atomic E-state index is 8.84. The highest BCUT2D eigenvalue weighted by atomic mass is 16.5. The van der Waals surface area contributed by atoms with E-state index in [0.717, 1.165) is 11.3 Å². The third-order valence-corrected chi connectivity index (χ3v) is 1.98. The molecule has 0 spiro atoms. The highest BCUT2D eigenvalue weighted by Crippen LogP contribution is 2.13. The van der Waals surface area contributed by atoms with E-state index in [4.69, 9.17) is 14.4 Å². The number of nitrogens with zero attached hydrogens (tertiary/aromatic N) is 1. The second-order valence-corrected chi connectivity index (χ2v) is 3.07. The fraction of sp³-hybridized carbons (Fsp3) is 0.182. The van der Waals surface area contributed by atoms with Gasteiger partial charge in [-0.05, 0) is 17.7 Å². The highest BCUT2D eigenvalue weighted by Gasteiger charge is 1.98. The number of aliphatic hydroxyl groups is 1. The van der Waals surface area contributed by atoms with Gasteiger partial charge in [0.05, 0.1) is 12.8 Å². The van der Waals surface area contributed by atoms with Crippen LogP contribution in [0.25, 0.3) is 0 Å². The Hall–Kier alpha value is -1.81. The number of hydrogen-bond acceptors (Lipinski definition) is 4. The molecule has 15 heavy (non-hydrogen) atoms. The normalized spacial score (nSPS) is 10.2. The third kappa shape index (κ3) is 2.57. The summed E-state index contributed by atoms with van der Waals surface area (Å²) in [5.41, 5.74) is 0.863. The quantitative estimate of drug-likeness (QED) is 0.826. The van der Waals surface area contributed by atoms with Crippen LogP contribution in [0.1, 0.15) is 11.3 Å². The molecule has 4 heteroatoms. The van der Waals surface area contributed by atoms with Crippen molar-refractivity contribution in [3.8, 4) is 5.75 Å². The van der Waals surface area contributed by atoms with Crippen molar-refractivity contribution in [2.45, 2.75) is 13.2 Å². The van der Waals surface area contributed by atoms with Crippen LogP contribution in [-0.2, 0) is 13.2 Å². The number of aromatic nitrogens is 1. The molecule has 4 nitrogen and oxygen atoms in total. The average molecular weight is 205 g/mol. The van der Waals surface area contributed by atoms with Crippen LogP contribution in [0.3, 0.4) is 0 Å². The first-order valence-electron chi connectivity index (χ1n) is 4.60. The van der Waals surface area contributed by atoms with E-state index in [-0.39, 0.29) is 6.61 Å². The van der Waals surface area contributed by atoms with E-state index in [1.54, 1.807) is 12.3 Å². The Morgan fingerprint density at radius 1 is 1.20 bits per heavy atom. The summed E-state index contributed by atoms with van der Waals surface area (Å²) in [7, 11) is 0.